The van der Waals surface area contributed by atoms with Crippen molar-refractivity contribution in [3.05, 3.63) is 65.3 Å². The Morgan fingerprint density at radius 1 is 0.789 bits per heavy atom. The zero-order chi connectivity index (χ0) is 50.4. The van der Waals surface area contributed by atoms with Crippen molar-refractivity contribution < 1.29 is 44.0 Å². The van der Waals surface area contributed by atoms with Gasteiger partial charge in [-0.05, 0) is 49.4 Å². The van der Waals surface area contributed by atoms with Gasteiger partial charge in [0.2, 0.25) is 11.8 Å². The number of rotatable bonds is 18. The summed E-state index contributed by atoms with van der Waals surface area (Å²) >= 11 is 6.79. The van der Waals surface area contributed by atoms with Crippen LogP contribution in [-0.2, 0) is 36.9 Å². The molecule has 2 aromatic carbocycles. The Balaban J connectivity index is 1.00. The van der Waals surface area contributed by atoms with E-state index in [1.54, 1.807) is 19.6 Å². The highest BCUT2D eigenvalue weighted by Crippen LogP contribution is 2.37. The second-order valence-corrected chi connectivity index (χ2v) is 18.9. The monoisotopic (exact) mass is 1000 g/mol. The Morgan fingerprint density at radius 3 is 2.01 bits per heavy atom. The van der Waals surface area contributed by atoms with Gasteiger partial charge in [0.15, 0.2) is 0 Å². The number of piperazine rings is 1. The molecule has 3 saturated heterocycles. The van der Waals surface area contributed by atoms with E-state index in [4.69, 9.17) is 26.3 Å². The first-order valence-corrected chi connectivity index (χ1v) is 24.7. The minimum absolute atomic E-state index is 0.0271. The summed E-state index contributed by atoms with van der Waals surface area (Å²) in [6.07, 6.45) is 3.92. The number of hydrogen-bond acceptors (Lipinski definition) is 16. The summed E-state index contributed by atoms with van der Waals surface area (Å²) in [4.78, 5) is 86.8. The Morgan fingerprint density at radius 2 is 1.41 bits per heavy atom. The van der Waals surface area contributed by atoms with E-state index in [0.29, 0.717) is 103 Å². The van der Waals surface area contributed by atoms with Gasteiger partial charge in [-0.1, -0.05) is 42.4 Å². The van der Waals surface area contributed by atoms with Gasteiger partial charge < -0.3 is 40.1 Å². The van der Waals surface area contributed by atoms with E-state index in [2.05, 4.69) is 38.7 Å². The maximum Gasteiger partial charge on any atom is 0.318 e. The van der Waals surface area contributed by atoms with Gasteiger partial charge in [0.1, 0.15) is 12.4 Å². The Hall–Kier alpha value is -6.15. The van der Waals surface area contributed by atoms with Crippen LogP contribution >= 0.6 is 11.6 Å². The molecule has 0 saturated carbocycles. The zero-order valence-corrected chi connectivity index (χ0v) is 40.9. The molecule has 0 spiro atoms. The zero-order valence-electron chi connectivity index (χ0n) is 40.2. The minimum Gasteiger partial charge on any atom is -0.480 e. The van der Waals surface area contributed by atoms with Crippen LogP contribution in [0.15, 0.2) is 49.1 Å². The van der Waals surface area contributed by atoms with Crippen LogP contribution in [0.2, 0.25) is 5.02 Å². The number of carbonyl (C=O) groups excluding carboxylic acids is 2. The lowest BCUT2D eigenvalue weighted by Crippen LogP contribution is -2.55. The summed E-state index contributed by atoms with van der Waals surface area (Å²) in [7, 11) is 0. The van der Waals surface area contributed by atoms with Gasteiger partial charge in [0.05, 0.1) is 62.0 Å². The third kappa shape index (κ3) is 14.5. The van der Waals surface area contributed by atoms with Crippen molar-refractivity contribution in [1.29, 1.82) is 5.26 Å². The van der Waals surface area contributed by atoms with Gasteiger partial charge in [-0.3, -0.25) is 48.5 Å². The van der Waals surface area contributed by atoms with Crippen molar-refractivity contribution in [3.8, 4) is 12.1 Å². The van der Waals surface area contributed by atoms with Crippen LogP contribution in [0.3, 0.4) is 0 Å². The molecule has 5 heterocycles. The number of nitriles is 1. The van der Waals surface area contributed by atoms with Crippen LogP contribution in [0.1, 0.15) is 30.5 Å². The van der Waals surface area contributed by atoms with E-state index in [-0.39, 0.29) is 75.6 Å². The fourth-order valence-electron chi connectivity index (χ4n) is 10.1. The number of carboxylic acid groups (broad SMARTS) is 3. The number of halogens is 1. The van der Waals surface area contributed by atoms with Crippen LogP contribution < -0.4 is 19.9 Å². The summed E-state index contributed by atoms with van der Waals surface area (Å²) in [5.74, 6) is -2.74. The maximum absolute atomic E-state index is 13.5. The number of carbonyl (C=O) groups is 5. The van der Waals surface area contributed by atoms with Gasteiger partial charge in [0, 0.05) is 114 Å². The van der Waals surface area contributed by atoms with E-state index in [1.807, 2.05) is 35.2 Å². The summed E-state index contributed by atoms with van der Waals surface area (Å²) in [6, 6.07) is 14.2. The van der Waals surface area contributed by atoms with E-state index in [1.165, 1.54) is 6.08 Å². The number of hydrogen-bond donors (Lipinski definition) is 4. The van der Waals surface area contributed by atoms with Gasteiger partial charge >= 0.3 is 23.9 Å². The fraction of sp³-hybridized carbons (Fsp3) is 0.551. The molecule has 382 valence electrons. The Bertz CT molecular complexity index is 2400. The molecule has 71 heavy (non-hydrogen) atoms. The summed E-state index contributed by atoms with van der Waals surface area (Å²) in [5.41, 5.74) is 2.85. The molecule has 3 aromatic rings. The first kappa shape index (κ1) is 52.7. The topological polar surface area (TPSA) is 243 Å². The smallest absolute Gasteiger partial charge is 0.318 e. The fourth-order valence-corrected chi connectivity index (χ4v) is 10.4. The number of fused-ring (bicyclic) bond motifs is 2. The van der Waals surface area contributed by atoms with Crippen molar-refractivity contribution in [2.45, 2.75) is 44.3 Å². The lowest BCUT2D eigenvalue weighted by atomic mass is 10.0. The number of benzene rings is 2. The van der Waals surface area contributed by atoms with E-state index in [9.17, 15) is 44.6 Å². The number of aliphatic carboxylic acids is 3. The molecule has 0 bridgehead atoms. The molecule has 0 aliphatic carbocycles. The maximum atomic E-state index is 13.5. The highest BCUT2D eigenvalue weighted by molar-refractivity contribution is 6.36. The largest absolute Gasteiger partial charge is 0.480 e. The second-order valence-electron chi connectivity index (χ2n) is 18.5. The number of nitrogens with zero attached hydrogens (tertiary/aromatic N) is 11. The molecule has 0 unspecified atom stereocenters. The van der Waals surface area contributed by atoms with Crippen molar-refractivity contribution in [3.63, 3.8) is 0 Å². The number of carboxylic acids is 3. The molecule has 4 N–H and O–H groups in total. The van der Waals surface area contributed by atoms with Crippen molar-refractivity contribution >= 4 is 63.6 Å². The van der Waals surface area contributed by atoms with Crippen molar-refractivity contribution in [2.75, 3.05) is 141 Å². The first-order chi connectivity index (χ1) is 34.3. The van der Waals surface area contributed by atoms with Crippen LogP contribution in [0.25, 0.3) is 10.8 Å². The molecule has 4 aliphatic rings. The van der Waals surface area contributed by atoms with Crippen LogP contribution in [-0.4, -0.2) is 227 Å². The average Bonchev–Trinajstić information content (AvgIpc) is 3.80. The number of aromatic nitrogens is 2. The normalized spacial score (nSPS) is 20.4. The molecule has 4 aliphatic heterocycles. The van der Waals surface area contributed by atoms with Gasteiger partial charge in [-0.15, -0.1) is 0 Å². The summed E-state index contributed by atoms with van der Waals surface area (Å²) in [5, 5.41) is 44.1. The molecule has 2 amide bonds. The minimum atomic E-state index is -1.03. The number of amides is 2. The highest BCUT2D eigenvalue weighted by Gasteiger charge is 2.34. The van der Waals surface area contributed by atoms with Crippen LogP contribution in [0, 0.1) is 11.3 Å². The molecule has 0 radical (unpaired) electrons. The molecule has 7 rings (SSSR count). The quantitative estimate of drug-likeness (QED) is 0.132. The van der Waals surface area contributed by atoms with Gasteiger partial charge in [-0.2, -0.15) is 15.2 Å². The van der Waals surface area contributed by atoms with Gasteiger partial charge in [-0.25, -0.2) is 0 Å². The van der Waals surface area contributed by atoms with Crippen LogP contribution in [0.4, 0.5) is 11.5 Å². The summed E-state index contributed by atoms with van der Waals surface area (Å²) < 4.78 is 6.51. The molecular formula is C49H65ClN12O9. The van der Waals surface area contributed by atoms with E-state index >= 15 is 0 Å². The van der Waals surface area contributed by atoms with E-state index in [0.717, 1.165) is 52.9 Å². The van der Waals surface area contributed by atoms with Gasteiger partial charge in [0.25, 0.3) is 0 Å². The number of nitrogens with one attached hydrogen (secondary N) is 1. The summed E-state index contributed by atoms with van der Waals surface area (Å²) in [6.45, 7) is 10.0. The molecular weight excluding hydrogens is 936 g/mol. The third-order valence-electron chi connectivity index (χ3n) is 13.8. The second kappa shape index (κ2) is 25.3. The SMILES string of the molecule is C=CC(=O)N1CCN(c2nc(OC[C@@H]3CCCN3CCNC(=O)CN3CCN(CC(=O)O)CCN(CC(=O)O)CCN(CC(=O)O)CC3)nc3c2CCN(c2cccc4cccc(Cl)c24)C3)C[C@@H]1CC#N. The first-order valence-electron chi connectivity index (χ1n) is 24.3. The van der Waals surface area contributed by atoms with Crippen molar-refractivity contribution in [2.24, 2.45) is 0 Å². The number of anilines is 2. The highest BCUT2D eigenvalue weighted by atomic mass is 35.5. The van der Waals surface area contributed by atoms with E-state index < -0.39 is 17.9 Å². The molecule has 22 heteroatoms. The standard InChI is InChI=1S/C49H65ClN12O9/c1-2-43(64)62-27-26-61(28-36(62)11-13-51)48-38-12-16-60(41-10-4-7-35-6-3-9-39(50)47(35)41)29-40(38)53-49(54-48)71-34-37-8-5-15-59(37)17-14-52-42(63)30-55-18-20-56(31-44(65)66)22-24-58(33-46(69)70)25-23-57(21-19-55)32-45(67)68/h2-4,6-7,9-10,36-37H,1,5,8,11-12,14-34H2,(H,52,63)(H,65,66)(H,67,68)(H,69,70)/t36-,37-/m0/s1. The van der Waals surface area contributed by atoms with Crippen LogP contribution in [0.5, 0.6) is 6.01 Å². The Labute approximate surface area is 418 Å². The molecule has 1 aromatic heterocycles. The lowest BCUT2D eigenvalue weighted by Gasteiger charge is -2.42. The molecule has 21 nitrogen and oxygen atoms in total. The number of ether oxygens (including phenoxy) is 1. The molecule has 3 fully saturated rings. The van der Waals surface area contributed by atoms with Crippen molar-refractivity contribution in [1.82, 2.24) is 44.7 Å². The predicted octanol–water partition coefficient (Wildman–Crippen LogP) is 1.40. The Kier molecular flexibility index (Phi) is 18.8. The third-order valence-corrected chi connectivity index (χ3v) is 14.1. The molecule has 2 atom stereocenters. The average molecular weight is 1000 g/mol. The predicted molar refractivity (Wildman–Crippen MR) is 266 cm³/mol. The number of likely N-dealkylation sites (tertiary alicyclic amines) is 1. The lowest BCUT2D eigenvalue weighted by molar-refractivity contribution is -0.140.